The van der Waals surface area contributed by atoms with Gasteiger partial charge in [0, 0.05) is 12.6 Å². The molecule has 1 amide bonds. The fourth-order valence-corrected chi connectivity index (χ4v) is 1.83. The summed E-state index contributed by atoms with van der Waals surface area (Å²) in [5.41, 5.74) is -0.367. The van der Waals surface area contributed by atoms with Crippen molar-refractivity contribution in [2.45, 2.75) is 31.8 Å². The first-order valence-electron chi connectivity index (χ1n) is 5.79. The van der Waals surface area contributed by atoms with Gasteiger partial charge >= 0.3 is 0 Å². The van der Waals surface area contributed by atoms with Crippen molar-refractivity contribution in [3.05, 3.63) is 28.1 Å². The van der Waals surface area contributed by atoms with Crippen LogP contribution >= 0.6 is 0 Å². The summed E-state index contributed by atoms with van der Waals surface area (Å²) in [4.78, 5) is 22.2. The van der Waals surface area contributed by atoms with E-state index in [0.29, 0.717) is 6.54 Å². The summed E-state index contributed by atoms with van der Waals surface area (Å²) < 4.78 is 1.53. The van der Waals surface area contributed by atoms with Gasteiger partial charge in [-0.2, -0.15) is 0 Å². The maximum Gasteiger partial charge on any atom is 0.287 e. The van der Waals surface area contributed by atoms with Crippen molar-refractivity contribution in [3.8, 4) is 0 Å². The van der Waals surface area contributed by atoms with Crippen molar-refractivity contribution < 1.29 is 14.8 Å². The van der Waals surface area contributed by atoms with Crippen molar-refractivity contribution >= 4 is 11.6 Å². The molecule has 1 fully saturated rings. The van der Waals surface area contributed by atoms with Crippen molar-refractivity contribution in [1.82, 2.24) is 9.88 Å². The first kappa shape index (κ1) is 12.6. The van der Waals surface area contributed by atoms with E-state index in [1.54, 1.807) is 6.92 Å². The largest absolute Gasteiger partial charge is 0.394 e. The number of aliphatic hydroxyl groups is 1. The molecule has 0 spiro atoms. The molecule has 1 saturated carbocycles. The number of nitrogens with zero attached hydrogens (tertiary/aromatic N) is 2. The molecule has 0 bridgehead atoms. The monoisotopic (exact) mass is 253 g/mol. The van der Waals surface area contributed by atoms with Crippen LogP contribution in [-0.4, -0.2) is 32.6 Å². The molecular weight excluding hydrogens is 238 g/mol. The Morgan fingerprint density at radius 1 is 1.67 bits per heavy atom. The van der Waals surface area contributed by atoms with Crippen LogP contribution in [0.15, 0.2) is 12.3 Å². The third kappa shape index (κ3) is 2.21. The summed E-state index contributed by atoms with van der Waals surface area (Å²) >= 11 is 0. The number of nitro groups is 1. The first-order chi connectivity index (χ1) is 8.51. The second-order valence-electron chi connectivity index (χ2n) is 4.52. The van der Waals surface area contributed by atoms with E-state index < -0.39 is 10.5 Å². The van der Waals surface area contributed by atoms with Crippen molar-refractivity contribution in [2.75, 3.05) is 6.61 Å². The lowest BCUT2D eigenvalue weighted by Gasteiger charge is -2.14. The number of aromatic nitrogens is 1. The molecule has 1 aromatic rings. The number of aryl methyl sites for hydroxylation is 1. The van der Waals surface area contributed by atoms with Crippen LogP contribution < -0.4 is 5.32 Å². The van der Waals surface area contributed by atoms with Crippen molar-refractivity contribution in [3.63, 3.8) is 0 Å². The molecule has 1 aliphatic carbocycles. The van der Waals surface area contributed by atoms with Crippen molar-refractivity contribution in [2.24, 2.45) is 0 Å². The summed E-state index contributed by atoms with van der Waals surface area (Å²) in [6, 6.07) is 1.26. The second-order valence-corrected chi connectivity index (χ2v) is 4.52. The van der Waals surface area contributed by atoms with E-state index in [-0.39, 0.29) is 23.9 Å². The number of nitrogens with one attached hydrogen (secondary N) is 1. The zero-order valence-electron chi connectivity index (χ0n) is 10.0. The summed E-state index contributed by atoms with van der Waals surface area (Å²) in [7, 11) is 0. The lowest BCUT2D eigenvalue weighted by Crippen LogP contribution is -2.40. The lowest BCUT2D eigenvalue weighted by molar-refractivity contribution is -0.384. The Morgan fingerprint density at radius 2 is 2.33 bits per heavy atom. The van der Waals surface area contributed by atoms with E-state index in [1.807, 2.05) is 0 Å². The number of hydrogen-bond donors (Lipinski definition) is 2. The van der Waals surface area contributed by atoms with Crippen LogP contribution in [0.25, 0.3) is 0 Å². The molecule has 1 aromatic heterocycles. The normalized spacial score (nSPS) is 16.3. The number of carbonyl (C=O) groups excluding carboxylic acids is 1. The highest BCUT2D eigenvalue weighted by Gasteiger charge is 2.44. The summed E-state index contributed by atoms with van der Waals surface area (Å²) in [5, 5.41) is 22.5. The van der Waals surface area contributed by atoms with Gasteiger partial charge in [0.05, 0.1) is 23.3 Å². The maximum absolute atomic E-state index is 12.0. The fourth-order valence-electron chi connectivity index (χ4n) is 1.83. The number of amides is 1. The fraction of sp³-hybridized carbons (Fsp3) is 0.545. The minimum Gasteiger partial charge on any atom is -0.394 e. The van der Waals surface area contributed by atoms with Gasteiger partial charge in [-0.3, -0.25) is 14.9 Å². The Bertz CT molecular complexity index is 490. The van der Waals surface area contributed by atoms with Crippen LogP contribution in [0.3, 0.4) is 0 Å². The molecule has 0 aliphatic heterocycles. The predicted octanol–water partition coefficient (Wildman–Crippen LogP) is 0.671. The Morgan fingerprint density at radius 3 is 2.78 bits per heavy atom. The van der Waals surface area contributed by atoms with Crippen LogP contribution in [-0.2, 0) is 6.54 Å². The molecule has 1 heterocycles. The third-order valence-electron chi connectivity index (χ3n) is 3.20. The molecule has 2 rings (SSSR count). The van der Waals surface area contributed by atoms with E-state index in [2.05, 4.69) is 5.32 Å². The molecule has 0 unspecified atom stereocenters. The SMILES string of the molecule is CCn1cc([N+](=O)[O-])cc1C(=O)NC1(CO)CC1. The Kier molecular flexibility index (Phi) is 3.08. The summed E-state index contributed by atoms with van der Waals surface area (Å²) in [6.45, 7) is 2.18. The van der Waals surface area contributed by atoms with Crippen LogP contribution in [0.4, 0.5) is 5.69 Å². The van der Waals surface area contributed by atoms with Gasteiger partial charge in [0.1, 0.15) is 5.69 Å². The standard InChI is InChI=1S/C11H15N3O4/c1-2-13-6-8(14(17)18)5-9(13)10(16)12-11(7-15)3-4-11/h5-6,15H,2-4,7H2,1H3,(H,12,16). The molecule has 1 aliphatic rings. The van der Waals surface area contributed by atoms with Crippen LogP contribution in [0.5, 0.6) is 0 Å². The van der Waals surface area contributed by atoms with Gasteiger partial charge in [0.15, 0.2) is 0 Å². The maximum atomic E-state index is 12.0. The van der Waals surface area contributed by atoms with E-state index in [4.69, 9.17) is 5.11 Å². The van der Waals surface area contributed by atoms with Crippen LogP contribution in [0, 0.1) is 10.1 Å². The molecule has 18 heavy (non-hydrogen) atoms. The smallest absolute Gasteiger partial charge is 0.287 e. The van der Waals surface area contributed by atoms with Gasteiger partial charge in [-0.25, -0.2) is 0 Å². The molecule has 0 aromatic carbocycles. The molecule has 0 atom stereocenters. The van der Waals surface area contributed by atoms with Gasteiger partial charge in [-0.1, -0.05) is 0 Å². The minimum absolute atomic E-state index is 0.101. The first-order valence-corrected chi connectivity index (χ1v) is 5.79. The average molecular weight is 253 g/mol. The van der Waals surface area contributed by atoms with Crippen molar-refractivity contribution in [1.29, 1.82) is 0 Å². The van der Waals surface area contributed by atoms with E-state index >= 15 is 0 Å². The zero-order chi connectivity index (χ0) is 13.3. The molecule has 7 nitrogen and oxygen atoms in total. The molecule has 98 valence electrons. The van der Waals surface area contributed by atoms with Gasteiger partial charge in [0.25, 0.3) is 11.6 Å². The molecule has 0 radical (unpaired) electrons. The summed E-state index contributed by atoms with van der Waals surface area (Å²) in [6.07, 6.45) is 2.82. The average Bonchev–Trinajstić information content (AvgIpc) is 2.97. The molecule has 7 heteroatoms. The third-order valence-corrected chi connectivity index (χ3v) is 3.20. The highest BCUT2D eigenvalue weighted by atomic mass is 16.6. The summed E-state index contributed by atoms with van der Waals surface area (Å²) in [5.74, 6) is -0.378. The number of hydrogen-bond acceptors (Lipinski definition) is 4. The molecular formula is C11H15N3O4. The van der Waals surface area contributed by atoms with Crippen LogP contribution in [0.2, 0.25) is 0 Å². The number of rotatable bonds is 5. The zero-order valence-corrected chi connectivity index (χ0v) is 10.0. The Balaban J connectivity index is 2.21. The highest BCUT2D eigenvalue weighted by Crippen LogP contribution is 2.35. The van der Waals surface area contributed by atoms with Gasteiger partial charge in [0.2, 0.25) is 0 Å². The number of carbonyl (C=O) groups is 1. The Labute approximate surface area is 104 Å². The van der Waals surface area contributed by atoms with E-state index in [0.717, 1.165) is 12.8 Å². The topological polar surface area (TPSA) is 97.4 Å². The van der Waals surface area contributed by atoms with Gasteiger partial charge in [-0.05, 0) is 19.8 Å². The molecule has 2 N–H and O–H groups in total. The van der Waals surface area contributed by atoms with Gasteiger partial charge in [-0.15, -0.1) is 0 Å². The Hall–Kier alpha value is -1.89. The number of aliphatic hydroxyl groups excluding tert-OH is 1. The van der Waals surface area contributed by atoms with Crippen LogP contribution in [0.1, 0.15) is 30.3 Å². The minimum atomic E-state index is -0.526. The van der Waals surface area contributed by atoms with E-state index in [9.17, 15) is 14.9 Å². The highest BCUT2D eigenvalue weighted by molar-refractivity contribution is 5.94. The molecule has 0 saturated heterocycles. The van der Waals surface area contributed by atoms with E-state index in [1.165, 1.54) is 16.8 Å². The lowest BCUT2D eigenvalue weighted by atomic mass is 10.2. The predicted molar refractivity (Wildman–Crippen MR) is 63.3 cm³/mol. The quantitative estimate of drug-likeness (QED) is 0.595. The van der Waals surface area contributed by atoms with Gasteiger partial charge < -0.3 is 15.0 Å². The second kappa shape index (κ2) is 4.41.